The fourth-order valence-corrected chi connectivity index (χ4v) is 1.99. The van der Waals surface area contributed by atoms with Crippen molar-refractivity contribution in [2.24, 2.45) is 0 Å². The lowest BCUT2D eigenvalue weighted by molar-refractivity contribution is -0.139. The number of methoxy groups -OCH3 is 1. The molecule has 0 saturated heterocycles. The highest BCUT2D eigenvalue weighted by molar-refractivity contribution is 6.35. The second-order valence-corrected chi connectivity index (χ2v) is 4.97. The number of nitrogens with one attached hydrogen (secondary N) is 2. The zero-order valence-electron chi connectivity index (χ0n) is 13.1. The molecule has 0 aliphatic rings. The molecule has 1 aromatic carbocycles. The number of carbonyl (C=O) groups excluding carboxylic acids is 2. The van der Waals surface area contributed by atoms with E-state index >= 15 is 0 Å². The highest BCUT2D eigenvalue weighted by atomic mass is 16.5. The molecule has 120 valence electrons. The van der Waals surface area contributed by atoms with Gasteiger partial charge in [-0.05, 0) is 36.8 Å². The molecule has 23 heavy (non-hydrogen) atoms. The van der Waals surface area contributed by atoms with E-state index in [4.69, 9.17) is 4.74 Å². The van der Waals surface area contributed by atoms with Crippen molar-refractivity contribution in [1.29, 1.82) is 0 Å². The molecule has 2 aromatic rings. The van der Waals surface area contributed by atoms with Gasteiger partial charge in [-0.2, -0.15) is 0 Å². The van der Waals surface area contributed by atoms with E-state index in [1.165, 1.54) is 0 Å². The van der Waals surface area contributed by atoms with Crippen LogP contribution in [0.4, 0.5) is 0 Å². The first-order chi connectivity index (χ1) is 11.1. The summed E-state index contributed by atoms with van der Waals surface area (Å²) >= 11 is 0. The minimum absolute atomic E-state index is 0.212. The molecule has 1 atom stereocenters. The Morgan fingerprint density at radius 2 is 1.87 bits per heavy atom. The Morgan fingerprint density at radius 3 is 2.48 bits per heavy atom. The van der Waals surface area contributed by atoms with E-state index in [2.05, 4.69) is 15.6 Å². The smallest absolute Gasteiger partial charge is 0.309 e. The lowest BCUT2D eigenvalue weighted by Gasteiger charge is -2.14. The minimum Gasteiger partial charge on any atom is -0.497 e. The third kappa shape index (κ3) is 4.81. The number of ether oxygens (including phenoxy) is 1. The van der Waals surface area contributed by atoms with Crippen LogP contribution in [0.3, 0.4) is 0 Å². The predicted octanol–water partition coefficient (Wildman–Crippen LogP) is 1.58. The second-order valence-electron chi connectivity index (χ2n) is 4.97. The number of amides is 2. The Morgan fingerprint density at radius 1 is 1.13 bits per heavy atom. The molecule has 2 amide bonds. The summed E-state index contributed by atoms with van der Waals surface area (Å²) in [6, 6.07) is 12.4. The number of hydrogen-bond acceptors (Lipinski definition) is 4. The molecule has 6 heteroatoms. The van der Waals surface area contributed by atoms with Gasteiger partial charge >= 0.3 is 11.8 Å². The average molecular weight is 313 g/mol. The third-order valence-electron chi connectivity index (χ3n) is 3.33. The minimum atomic E-state index is -0.684. The summed E-state index contributed by atoms with van der Waals surface area (Å²) in [4.78, 5) is 27.8. The average Bonchev–Trinajstić information content (AvgIpc) is 2.60. The standard InChI is InChI=1S/C17H19N3O3/c1-12(13-6-8-15(23-2)9-7-13)20-17(22)16(21)19-11-14-5-3-4-10-18-14/h3-10,12H,11H2,1-2H3,(H,19,21)(H,20,22)/t12-/m1/s1. The molecule has 0 bridgehead atoms. The maximum atomic E-state index is 11.9. The van der Waals surface area contributed by atoms with Crippen LogP contribution in [0, 0.1) is 0 Å². The number of aromatic nitrogens is 1. The van der Waals surface area contributed by atoms with E-state index in [9.17, 15) is 9.59 Å². The topological polar surface area (TPSA) is 80.3 Å². The first-order valence-electron chi connectivity index (χ1n) is 7.22. The van der Waals surface area contributed by atoms with Gasteiger partial charge in [-0.3, -0.25) is 14.6 Å². The Labute approximate surface area is 134 Å². The van der Waals surface area contributed by atoms with Gasteiger partial charge in [0.2, 0.25) is 0 Å². The monoisotopic (exact) mass is 313 g/mol. The summed E-state index contributed by atoms with van der Waals surface area (Å²) in [6.07, 6.45) is 1.63. The number of benzene rings is 1. The molecule has 0 aliphatic carbocycles. The summed E-state index contributed by atoms with van der Waals surface area (Å²) in [5, 5.41) is 5.20. The van der Waals surface area contributed by atoms with Crippen LogP contribution in [0.1, 0.15) is 24.2 Å². The number of rotatable bonds is 5. The zero-order valence-corrected chi connectivity index (χ0v) is 13.1. The van der Waals surface area contributed by atoms with Gasteiger partial charge < -0.3 is 15.4 Å². The molecule has 0 saturated carbocycles. The maximum Gasteiger partial charge on any atom is 0.309 e. The van der Waals surface area contributed by atoms with Crippen molar-refractivity contribution >= 4 is 11.8 Å². The summed E-state index contributed by atoms with van der Waals surface area (Å²) < 4.78 is 5.08. The van der Waals surface area contributed by atoms with Gasteiger partial charge in [-0.1, -0.05) is 18.2 Å². The van der Waals surface area contributed by atoms with Crippen molar-refractivity contribution in [1.82, 2.24) is 15.6 Å². The second kappa shape index (κ2) is 7.93. The van der Waals surface area contributed by atoms with Crippen molar-refractivity contribution in [2.45, 2.75) is 19.5 Å². The van der Waals surface area contributed by atoms with Crippen LogP contribution in [0.5, 0.6) is 5.75 Å². The molecule has 2 N–H and O–H groups in total. The van der Waals surface area contributed by atoms with Crippen molar-refractivity contribution in [3.05, 3.63) is 59.9 Å². The molecule has 2 rings (SSSR count). The largest absolute Gasteiger partial charge is 0.497 e. The van der Waals surface area contributed by atoms with E-state index < -0.39 is 11.8 Å². The predicted molar refractivity (Wildman–Crippen MR) is 85.6 cm³/mol. The number of hydrogen-bond donors (Lipinski definition) is 2. The van der Waals surface area contributed by atoms with Crippen LogP contribution >= 0.6 is 0 Å². The quantitative estimate of drug-likeness (QED) is 0.821. The Bertz CT molecular complexity index is 657. The van der Waals surface area contributed by atoms with Crippen LogP contribution in [-0.4, -0.2) is 23.9 Å². The van der Waals surface area contributed by atoms with Crippen LogP contribution < -0.4 is 15.4 Å². The molecule has 1 aromatic heterocycles. The third-order valence-corrected chi connectivity index (χ3v) is 3.33. The molecule has 0 spiro atoms. The molecular weight excluding hydrogens is 294 g/mol. The van der Waals surface area contributed by atoms with Crippen LogP contribution in [-0.2, 0) is 16.1 Å². The van der Waals surface area contributed by atoms with E-state index in [0.29, 0.717) is 5.69 Å². The molecule has 0 radical (unpaired) electrons. The molecular formula is C17H19N3O3. The van der Waals surface area contributed by atoms with Gasteiger partial charge in [0.25, 0.3) is 0 Å². The summed E-state index contributed by atoms with van der Waals surface area (Å²) in [7, 11) is 1.59. The number of pyridine rings is 1. The van der Waals surface area contributed by atoms with E-state index in [0.717, 1.165) is 11.3 Å². The van der Waals surface area contributed by atoms with Gasteiger partial charge in [0.15, 0.2) is 0 Å². The SMILES string of the molecule is COc1ccc([C@@H](C)NC(=O)C(=O)NCc2ccccn2)cc1. The fourth-order valence-electron chi connectivity index (χ4n) is 1.99. The highest BCUT2D eigenvalue weighted by Crippen LogP contribution is 2.17. The summed E-state index contributed by atoms with van der Waals surface area (Å²) in [5.41, 5.74) is 1.58. The van der Waals surface area contributed by atoms with Gasteiger partial charge in [-0.15, -0.1) is 0 Å². The van der Waals surface area contributed by atoms with Gasteiger partial charge in [0.05, 0.1) is 25.4 Å². The molecule has 0 fully saturated rings. The normalized spacial score (nSPS) is 11.4. The zero-order chi connectivity index (χ0) is 16.7. The van der Waals surface area contributed by atoms with E-state index in [1.807, 2.05) is 25.1 Å². The first kappa shape index (κ1) is 16.5. The van der Waals surface area contributed by atoms with Crippen molar-refractivity contribution in [3.8, 4) is 5.75 Å². The van der Waals surface area contributed by atoms with Crippen LogP contribution in [0.25, 0.3) is 0 Å². The molecule has 6 nitrogen and oxygen atoms in total. The Balaban J connectivity index is 1.85. The lowest BCUT2D eigenvalue weighted by atomic mass is 10.1. The van der Waals surface area contributed by atoms with Crippen molar-refractivity contribution in [3.63, 3.8) is 0 Å². The van der Waals surface area contributed by atoms with E-state index in [-0.39, 0.29) is 12.6 Å². The Hall–Kier alpha value is -2.89. The molecule has 0 aliphatic heterocycles. The summed E-state index contributed by atoms with van der Waals surface area (Å²) in [5.74, 6) is -0.624. The maximum absolute atomic E-state index is 11.9. The first-order valence-corrected chi connectivity index (χ1v) is 7.22. The highest BCUT2D eigenvalue weighted by Gasteiger charge is 2.16. The lowest BCUT2D eigenvalue weighted by Crippen LogP contribution is -2.40. The van der Waals surface area contributed by atoms with Gasteiger partial charge in [0.1, 0.15) is 5.75 Å². The fraction of sp³-hybridized carbons (Fsp3) is 0.235. The number of nitrogens with zero attached hydrogens (tertiary/aromatic N) is 1. The van der Waals surface area contributed by atoms with Crippen molar-refractivity contribution < 1.29 is 14.3 Å². The Kier molecular flexibility index (Phi) is 5.68. The van der Waals surface area contributed by atoms with Crippen LogP contribution in [0.2, 0.25) is 0 Å². The van der Waals surface area contributed by atoms with Crippen molar-refractivity contribution in [2.75, 3.05) is 7.11 Å². The molecule has 1 heterocycles. The van der Waals surface area contributed by atoms with Gasteiger partial charge in [0, 0.05) is 6.20 Å². The summed E-state index contributed by atoms with van der Waals surface area (Å²) in [6.45, 7) is 2.02. The van der Waals surface area contributed by atoms with Crippen LogP contribution in [0.15, 0.2) is 48.7 Å². The molecule has 0 unspecified atom stereocenters. The van der Waals surface area contributed by atoms with E-state index in [1.54, 1.807) is 37.6 Å². The number of carbonyl (C=O) groups is 2. The van der Waals surface area contributed by atoms with Gasteiger partial charge in [-0.25, -0.2) is 0 Å².